The zero-order valence-electron chi connectivity index (χ0n) is 20.3. The topological polar surface area (TPSA) is 65.8 Å². The quantitative estimate of drug-likeness (QED) is 0.407. The molecule has 2 aromatic carbocycles. The molecule has 0 N–H and O–H groups in total. The Morgan fingerprint density at radius 2 is 1.91 bits per heavy atom. The van der Waals surface area contributed by atoms with Crippen molar-refractivity contribution < 1.29 is 23.4 Å². The second-order valence-corrected chi connectivity index (χ2v) is 9.54. The Balaban J connectivity index is 1.54. The number of carbonyl (C=O) groups is 1. The molecule has 0 bridgehead atoms. The fraction of sp³-hybridized carbons (Fsp3) is 0.407. The number of carbonyl (C=O) groups excluding carboxylic acids is 1. The maximum absolute atomic E-state index is 14.2. The molecule has 2 heterocycles. The van der Waals surface area contributed by atoms with Gasteiger partial charge in [-0.2, -0.15) is 5.10 Å². The number of esters is 1. The molecular weight excluding hydrogens is 449 g/mol. The summed E-state index contributed by atoms with van der Waals surface area (Å²) in [7, 11) is 1.34. The van der Waals surface area contributed by atoms with Crippen LogP contribution in [0, 0.1) is 5.82 Å². The van der Waals surface area contributed by atoms with Crippen molar-refractivity contribution in [3.05, 3.63) is 60.0 Å². The minimum absolute atomic E-state index is 0.112. The molecule has 1 saturated carbocycles. The number of benzene rings is 2. The molecule has 0 unspecified atom stereocenters. The maximum Gasteiger partial charge on any atom is 0.337 e. The highest BCUT2D eigenvalue weighted by Crippen LogP contribution is 2.35. The van der Waals surface area contributed by atoms with Crippen molar-refractivity contribution >= 4 is 11.7 Å². The molecule has 2 aliphatic rings. The van der Waals surface area contributed by atoms with Crippen molar-refractivity contribution in [1.82, 2.24) is 9.78 Å². The Labute approximate surface area is 204 Å². The number of nitrogens with zero attached hydrogens (tertiary/aromatic N) is 3. The average molecular weight is 480 g/mol. The van der Waals surface area contributed by atoms with E-state index in [-0.39, 0.29) is 18.5 Å². The molecule has 184 valence electrons. The Hall–Kier alpha value is -3.39. The van der Waals surface area contributed by atoms with Crippen LogP contribution in [-0.2, 0) is 20.9 Å². The van der Waals surface area contributed by atoms with E-state index in [0.717, 1.165) is 60.7 Å². The zero-order valence-corrected chi connectivity index (χ0v) is 20.3. The van der Waals surface area contributed by atoms with E-state index in [0.29, 0.717) is 5.69 Å². The summed E-state index contributed by atoms with van der Waals surface area (Å²) >= 11 is 0. The first kappa shape index (κ1) is 23.4. The van der Waals surface area contributed by atoms with Gasteiger partial charge in [-0.05, 0) is 69.5 Å². The van der Waals surface area contributed by atoms with Gasteiger partial charge in [0, 0.05) is 18.7 Å². The molecule has 2 fully saturated rings. The minimum Gasteiger partial charge on any atom is -0.490 e. The molecule has 0 spiro atoms. The largest absolute Gasteiger partial charge is 0.490 e. The SMILES string of the molecule is COC(=O)C(C)(C)OCc1cc(-c2cccc(OC3CC3)c2)n(-c2ccc(F)cc2N2CCC2)n1. The first-order chi connectivity index (χ1) is 16.8. The number of ether oxygens (including phenoxy) is 3. The zero-order chi connectivity index (χ0) is 24.6. The minimum atomic E-state index is -1.12. The number of rotatable bonds is 9. The standard InChI is InChI=1S/C27H30FN3O4/c1-27(2,26(32)33-3)34-17-20-16-24(18-6-4-7-22(14-18)35-21-9-10-21)31(29-20)23-11-8-19(28)15-25(23)30-12-5-13-30/h4,6-8,11,14-16,21H,5,9-10,12-13,17H2,1-3H3. The van der Waals surface area contributed by atoms with Crippen LogP contribution in [0.2, 0.25) is 0 Å². The van der Waals surface area contributed by atoms with E-state index in [9.17, 15) is 9.18 Å². The van der Waals surface area contributed by atoms with Gasteiger partial charge in [-0.1, -0.05) is 12.1 Å². The number of hydrogen-bond donors (Lipinski definition) is 0. The van der Waals surface area contributed by atoms with E-state index < -0.39 is 11.6 Å². The van der Waals surface area contributed by atoms with Gasteiger partial charge in [0.2, 0.25) is 0 Å². The molecule has 0 atom stereocenters. The van der Waals surface area contributed by atoms with Gasteiger partial charge in [0.1, 0.15) is 11.6 Å². The molecule has 8 heteroatoms. The maximum atomic E-state index is 14.2. The third kappa shape index (κ3) is 5.03. The Morgan fingerprint density at radius 1 is 1.11 bits per heavy atom. The molecule has 0 amide bonds. The fourth-order valence-corrected chi connectivity index (χ4v) is 4.04. The van der Waals surface area contributed by atoms with Crippen LogP contribution in [0.5, 0.6) is 5.75 Å². The van der Waals surface area contributed by atoms with Gasteiger partial charge in [-0.3, -0.25) is 0 Å². The lowest BCUT2D eigenvalue weighted by Crippen LogP contribution is -2.37. The molecule has 0 radical (unpaired) electrons. The van der Waals surface area contributed by atoms with Gasteiger partial charge in [-0.25, -0.2) is 13.9 Å². The predicted molar refractivity (Wildman–Crippen MR) is 130 cm³/mol. The number of aromatic nitrogens is 2. The Morgan fingerprint density at radius 3 is 2.60 bits per heavy atom. The molecule has 5 rings (SSSR count). The number of methoxy groups -OCH3 is 1. The Bertz CT molecular complexity index is 1230. The Kier molecular flexibility index (Phi) is 6.23. The molecule has 1 aliphatic heterocycles. The van der Waals surface area contributed by atoms with E-state index in [1.807, 2.05) is 35.0 Å². The van der Waals surface area contributed by atoms with Crippen LogP contribution in [0.3, 0.4) is 0 Å². The fourth-order valence-electron chi connectivity index (χ4n) is 4.04. The monoisotopic (exact) mass is 479 g/mol. The smallest absolute Gasteiger partial charge is 0.337 e. The van der Waals surface area contributed by atoms with Gasteiger partial charge < -0.3 is 19.1 Å². The lowest BCUT2D eigenvalue weighted by Gasteiger charge is -2.34. The van der Waals surface area contributed by atoms with E-state index in [1.54, 1.807) is 26.0 Å². The van der Waals surface area contributed by atoms with Crippen LogP contribution in [0.1, 0.15) is 38.8 Å². The van der Waals surface area contributed by atoms with Crippen molar-refractivity contribution in [3.8, 4) is 22.7 Å². The second kappa shape index (κ2) is 9.34. The van der Waals surface area contributed by atoms with Crippen LogP contribution in [0.15, 0.2) is 48.5 Å². The molecule has 3 aromatic rings. The lowest BCUT2D eigenvalue weighted by molar-refractivity contribution is -0.166. The third-order valence-electron chi connectivity index (χ3n) is 6.34. The summed E-state index contributed by atoms with van der Waals surface area (Å²) in [6, 6.07) is 14.6. The molecule has 7 nitrogen and oxygen atoms in total. The van der Waals surface area contributed by atoms with Crippen LogP contribution >= 0.6 is 0 Å². The lowest BCUT2D eigenvalue weighted by atomic mass is 10.1. The average Bonchev–Trinajstić information content (AvgIpc) is 3.52. The van der Waals surface area contributed by atoms with E-state index in [1.165, 1.54) is 13.2 Å². The molecule has 35 heavy (non-hydrogen) atoms. The van der Waals surface area contributed by atoms with E-state index in [2.05, 4.69) is 4.90 Å². The van der Waals surface area contributed by atoms with Gasteiger partial charge in [0.15, 0.2) is 5.60 Å². The van der Waals surface area contributed by atoms with E-state index in [4.69, 9.17) is 19.3 Å². The van der Waals surface area contributed by atoms with Gasteiger partial charge in [0.25, 0.3) is 0 Å². The molecule has 1 aliphatic carbocycles. The highest BCUT2D eigenvalue weighted by atomic mass is 19.1. The van der Waals surface area contributed by atoms with Crippen LogP contribution in [-0.4, -0.2) is 47.7 Å². The third-order valence-corrected chi connectivity index (χ3v) is 6.34. The summed E-state index contributed by atoms with van der Waals surface area (Å²) in [4.78, 5) is 14.2. The van der Waals surface area contributed by atoms with E-state index >= 15 is 0 Å². The number of hydrogen-bond acceptors (Lipinski definition) is 6. The summed E-state index contributed by atoms with van der Waals surface area (Å²) in [5, 5.41) is 4.83. The van der Waals surface area contributed by atoms with Crippen molar-refractivity contribution in [2.24, 2.45) is 0 Å². The highest BCUT2D eigenvalue weighted by molar-refractivity contribution is 5.78. The van der Waals surface area contributed by atoms with Crippen molar-refractivity contribution in [3.63, 3.8) is 0 Å². The van der Waals surface area contributed by atoms with Crippen molar-refractivity contribution in [2.75, 3.05) is 25.1 Å². The van der Waals surface area contributed by atoms with Crippen LogP contribution in [0.4, 0.5) is 10.1 Å². The normalized spacial score (nSPS) is 15.6. The molecule has 1 saturated heterocycles. The summed E-state index contributed by atoms with van der Waals surface area (Å²) in [5.74, 6) is 0.0673. The number of halogens is 1. The number of anilines is 1. The summed E-state index contributed by atoms with van der Waals surface area (Å²) in [6.45, 7) is 5.19. The van der Waals surface area contributed by atoms with Gasteiger partial charge >= 0.3 is 5.97 Å². The summed E-state index contributed by atoms with van der Waals surface area (Å²) in [5.41, 5.74) is 2.86. The molecular formula is C27H30FN3O4. The van der Waals surface area contributed by atoms with Gasteiger partial charge in [-0.15, -0.1) is 0 Å². The van der Waals surface area contributed by atoms with Crippen molar-refractivity contribution in [2.45, 2.75) is 51.4 Å². The summed E-state index contributed by atoms with van der Waals surface area (Å²) in [6.07, 6.45) is 3.52. The van der Waals surface area contributed by atoms with Gasteiger partial charge in [0.05, 0.1) is 42.6 Å². The van der Waals surface area contributed by atoms with Crippen LogP contribution < -0.4 is 9.64 Å². The first-order valence-corrected chi connectivity index (χ1v) is 12.0. The highest BCUT2D eigenvalue weighted by Gasteiger charge is 2.30. The predicted octanol–water partition coefficient (Wildman–Crippen LogP) is 4.90. The van der Waals surface area contributed by atoms with Crippen molar-refractivity contribution in [1.29, 1.82) is 0 Å². The second-order valence-electron chi connectivity index (χ2n) is 9.54. The molecule has 1 aromatic heterocycles. The van der Waals surface area contributed by atoms with Crippen LogP contribution in [0.25, 0.3) is 16.9 Å². The first-order valence-electron chi connectivity index (χ1n) is 12.0. The summed E-state index contributed by atoms with van der Waals surface area (Å²) < 4.78 is 32.8.